The molecule has 0 spiro atoms. The Bertz CT molecular complexity index is 937. The van der Waals surface area contributed by atoms with Crippen molar-refractivity contribution in [1.82, 2.24) is 19.6 Å². The minimum absolute atomic E-state index is 0.0253. The summed E-state index contributed by atoms with van der Waals surface area (Å²) in [5.74, 6) is 0.0826. The van der Waals surface area contributed by atoms with E-state index in [0.29, 0.717) is 0 Å². The smallest absolute Gasteiger partial charge is 0.277 e. The fourth-order valence-corrected chi connectivity index (χ4v) is 2.00. The van der Waals surface area contributed by atoms with Gasteiger partial charge in [-0.15, -0.1) is 0 Å². The number of rotatable bonds is 3. The highest BCUT2D eigenvalue weighted by molar-refractivity contribution is 5.72. The number of aromatic amines is 1. The molecule has 110 valence electrons. The third-order valence-corrected chi connectivity index (χ3v) is 3.13. The van der Waals surface area contributed by atoms with Gasteiger partial charge in [0, 0.05) is 0 Å². The molecule has 1 aromatic carbocycles. The fraction of sp³-hybridized carbons (Fsp3) is 0.0714. The molecule has 8 heteroatoms. The molecule has 0 aliphatic carbocycles. The molecule has 8 nitrogen and oxygen atoms in total. The van der Waals surface area contributed by atoms with Crippen molar-refractivity contribution in [2.24, 2.45) is 0 Å². The Balaban J connectivity index is 2.13. The van der Waals surface area contributed by atoms with Crippen molar-refractivity contribution < 1.29 is 4.92 Å². The van der Waals surface area contributed by atoms with Crippen LogP contribution in [0, 0.1) is 17.0 Å². The molecular formula is C14H11N5O3. The van der Waals surface area contributed by atoms with Crippen LogP contribution in [0.2, 0.25) is 0 Å². The Morgan fingerprint density at radius 3 is 2.68 bits per heavy atom. The first kappa shape index (κ1) is 13.7. The van der Waals surface area contributed by atoms with Gasteiger partial charge in [0.15, 0.2) is 5.69 Å². The topological polar surface area (TPSA) is 106 Å². The molecule has 0 aliphatic rings. The number of hydrogen-bond acceptors (Lipinski definition) is 5. The van der Waals surface area contributed by atoms with Crippen LogP contribution in [0.4, 0.5) is 5.69 Å². The number of benzene rings is 1. The number of fused-ring (bicyclic) bond motifs is 1. The van der Waals surface area contributed by atoms with Crippen molar-refractivity contribution in [1.29, 1.82) is 0 Å². The van der Waals surface area contributed by atoms with Crippen LogP contribution in [0.15, 0.2) is 35.4 Å². The maximum atomic E-state index is 12.1. The van der Waals surface area contributed by atoms with E-state index in [0.717, 1.165) is 15.6 Å². The molecule has 0 amide bonds. The number of nitrogens with one attached hydrogen (secondary N) is 1. The summed E-state index contributed by atoms with van der Waals surface area (Å²) in [6.45, 7) is 1.96. The van der Waals surface area contributed by atoms with Gasteiger partial charge >= 0.3 is 11.2 Å². The molecule has 0 saturated carbocycles. The molecule has 0 atom stereocenters. The molecule has 3 rings (SSSR count). The van der Waals surface area contributed by atoms with E-state index >= 15 is 0 Å². The Morgan fingerprint density at radius 1 is 1.27 bits per heavy atom. The second kappa shape index (κ2) is 5.24. The number of hydrogen-bond donors (Lipinski definition) is 1. The van der Waals surface area contributed by atoms with Gasteiger partial charge in [0.25, 0.3) is 5.78 Å². The first-order valence-electron chi connectivity index (χ1n) is 6.41. The Morgan fingerprint density at radius 2 is 2.00 bits per heavy atom. The quantitative estimate of drug-likeness (QED) is 0.586. The Hall–Kier alpha value is -3.29. The van der Waals surface area contributed by atoms with Crippen LogP contribution in [0.1, 0.15) is 16.8 Å². The van der Waals surface area contributed by atoms with Crippen molar-refractivity contribution in [3.63, 3.8) is 0 Å². The van der Waals surface area contributed by atoms with E-state index in [1.165, 1.54) is 12.4 Å². The van der Waals surface area contributed by atoms with Crippen LogP contribution in [0.3, 0.4) is 0 Å². The van der Waals surface area contributed by atoms with Crippen LogP contribution in [0.25, 0.3) is 17.9 Å². The van der Waals surface area contributed by atoms with Gasteiger partial charge in [-0.05, 0) is 18.6 Å². The second-order valence-corrected chi connectivity index (χ2v) is 4.67. The van der Waals surface area contributed by atoms with Gasteiger partial charge < -0.3 is 0 Å². The predicted molar refractivity (Wildman–Crippen MR) is 80.4 cm³/mol. The van der Waals surface area contributed by atoms with E-state index in [9.17, 15) is 14.9 Å². The molecule has 2 heterocycles. The molecule has 1 N–H and O–H groups in total. The molecule has 0 aliphatic heterocycles. The van der Waals surface area contributed by atoms with E-state index in [1.54, 1.807) is 6.08 Å². The summed E-state index contributed by atoms with van der Waals surface area (Å²) in [6, 6.07) is 7.59. The molecular weight excluding hydrogens is 286 g/mol. The van der Waals surface area contributed by atoms with Crippen LogP contribution >= 0.6 is 0 Å². The summed E-state index contributed by atoms with van der Waals surface area (Å²) >= 11 is 0. The molecule has 0 radical (unpaired) electrons. The van der Waals surface area contributed by atoms with Crippen molar-refractivity contribution in [3.05, 3.63) is 67.9 Å². The molecule has 0 fully saturated rings. The summed E-state index contributed by atoms with van der Waals surface area (Å²) in [5, 5.41) is 13.6. The molecule has 0 unspecified atom stereocenters. The lowest BCUT2D eigenvalue weighted by Gasteiger charge is -1.98. The number of nitrogens with zero attached hydrogens (tertiary/aromatic N) is 4. The van der Waals surface area contributed by atoms with Gasteiger partial charge in [0.1, 0.15) is 6.33 Å². The predicted octanol–water partition coefficient (Wildman–Crippen LogP) is 1.80. The second-order valence-electron chi connectivity index (χ2n) is 4.67. The van der Waals surface area contributed by atoms with Gasteiger partial charge in [0.05, 0.1) is 4.92 Å². The van der Waals surface area contributed by atoms with E-state index in [2.05, 4.69) is 15.1 Å². The normalized spacial score (nSPS) is 11.3. The van der Waals surface area contributed by atoms with Crippen LogP contribution in [-0.2, 0) is 0 Å². The summed E-state index contributed by atoms with van der Waals surface area (Å²) in [5.41, 5.74) is 0.546. The summed E-state index contributed by atoms with van der Waals surface area (Å²) in [6.07, 6.45) is 4.36. The molecule has 22 heavy (non-hydrogen) atoms. The number of H-pyrrole nitrogens is 1. The van der Waals surface area contributed by atoms with E-state index in [-0.39, 0.29) is 11.5 Å². The number of aryl methyl sites for hydroxylation is 1. The molecule has 2 aromatic heterocycles. The van der Waals surface area contributed by atoms with Gasteiger partial charge in [-0.2, -0.15) is 4.52 Å². The number of aromatic nitrogens is 4. The Labute approximate surface area is 123 Å². The van der Waals surface area contributed by atoms with Crippen molar-refractivity contribution in [2.75, 3.05) is 0 Å². The van der Waals surface area contributed by atoms with E-state index in [1.807, 2.05) is 31.2 Å². The Kier molecular flexibility index (Phi) is 3.26. The summed E-state index contributed by atoms with van der Waals surface area (Å²) in [7, 11) is 0. The van der Waals surface area contributed by atoms with E-state index < -0.39 is 16.2 Å². The van der Waals surface area contributed by atoms with Crippen molar-refractivity contribution in [2.45, 2.75) is 6.92 Å². The number of nitro groups is 1. The van der Waals surface area contributed by atoms with Crippen molar-refractivity contribution >= 4 is 23.6 Å². The van der Waals surface area contributed by atoms with Crippen LogP contribution in [0.5, 0.6) is 0 Å². The summed E-state index contributed by atoms with van der Waals surface area (Å²) in [4.78, 5) is 30.4. The highest BCUT2D eigenvalue weighted by atomic mass is 16.6. The lowest BCUT2D eigenvalue weighted by Crippen LogP contribution is -2.20. The van der Waals surface area contributed by atoms with Crippen LogP contribution in [-0.4, -0.2) is 24.5 Å². The summed E-state index contributed by atoms with van der Waals surface area (Å²) < 4.78 is 0.932. The van der Waals surface area contributed by atoms with Gasteiger partial charge in [0.2, 0.25) is 0 Å². The van der Waals surface area contributed by atoms with Crippen LogP contribution < -0.4 is 5.56 Å². The minimum Gasteiger partial charge on any atom is -0.277 e. The maximum Gasteiger partial charge on any atom is 0.361 e. The largest absolute Gasteiger partial charge is 0.361 e. The van der Waals surface area contributed by atoms with Crippen molar-refractivity contribution in [3.8, 4) is 0 Å². The van der Waals surface area contributed by atoms with Gasteiger partial charge in [-0.1, -0.05) is 35.9 Å². The lowest BCUT2D eigenvalue weighted by atomic mass is 10.1. The monoisotopic (exact) mass is 297 g/mol. The third kappa shape index (κ3) is 2.37. The SMILES string of the molecule is Cc1ccc(C=Cc2nc3nc[nH]n3c(=O)c2[N+](=O)[O-])cc1. The zero-order chi connectivity index (χ0) is 15.7. The molecule has 0 saturated heterocycles. The first-order chi connectivity index (χ1) is 10.6. The van der Waals surface area contributed by atoms with Gasteiger partial charge in [-0.25, -0.2) is 9.97 Å². The average molecular weight is 297 g/mol. The fourth-order valence-electron chi connectivity index (χ4n) is 2.00. The zero-order valence-electron chi connectivity index (χ0n) is 11.6. The molecule has 3 aromatic rings. The standard InChI is InChI=1S/C14H11N5O3/c1-9-2-4-10(5-3-9)6-7-11-12(19(21)22)13(20)18-14(17-11)15-8-16-18/h2-8H,1H3,(H,15,16,17). The highest BCUT2D eigenvalue weighted by Crippen LogP contribution is 2.15. The average Bonchev–Trinajstić information content (AvgIpc) is 2.95. The van der Waals surface area contributed by atoms with E-state index in [4.69, 9.17) is 0 Å². The highest BCUT2D eigenvalue weighted by Gasteiger charge is 2.22. The molecule has 0 bridgehead atoms. The minimum atomic E-state index is -0.795. The van der Waals surface area contributed by atoms with Gasteiger partial charge in [-0.3, -0.25) is 20.0 Å². The third-order valence-electron chi connectivity index (χ3n) is 3.13. The zero-order valence-corrected chi connectivity index (χ0v) is 11.6. The first-order valence-corrected chi connectivity index (χ1v) is 6.41. The lowest BCUT2D eigenvalue weighted by molar-refractivity contribution is -0.386. The maximum absolute atomic E-state index is 12.1.